The summed E-state index contributed by atoms with van der Waals surface area (Å²) in [5.74, 6) is 0.862. The smallest absolute Gasteiger partial charge is 0.252 e. The van der Waals surface area contributed by atoms with Crippen LogP contribution in [0.3, 0.4) is 0 Å². The van der Waals surface area contributed by atoms with Crippen LogP contribution in [-0.2, 0) is 11.3 Å². The van der Waals surface area contributed by atoms with E-state index < -0.39 is 6.04 Å². The van der Waals surface area contributed by atoms with Crippen LogP contribution in [0.25, 0.3) is 0 Å². The van der Waals surface area contributed by atoms with Crippen molar-refractivity contribution in [2.45, 2.75) is 19.0 Å². The molecule has 0 fully saturated rings. The molecule has 2 aromatic rings. The number of methoxy groups -OCH3 is 1. The van der Waals surface area contributed by atoms with Crippen LogP contribution in [0, 0.1) is 0 Å². The van der Waals surface area contributed by atoms with Crippen LogP contribution in [0.15, 0.2) is 35.2 Å². The molecule has 0 bridgehead atoms. The standard InChI is InChI=1S/C17H21N3O3S2/c1-23-14-5-3-4-12(8-14)16(21)20-15(6-7-24-2)17(22)18-9-13-10-25-11-19-13/h3-5,8,10-11,15H,6-7,9H2,1-2H3,(H,18,22)(H,20,21)/t15-/m0/s1. The normalized spacial score (nSPS) is 11.6. The third-order valence-corrected chi connectivity index (χ3v) is 4.77. The predicted molar refractivity (Wildman–Crippen MR) is 101 cm³/mol. The Morgan fingerprint density at radius 2 is 2.24 bits per heavy atom. The Morgan fingerprint density at radius 3 is 2.92 bits per heavy atom. The summed E-state index contributed by atoms with van der Waals surface area (Å²) < 4.78 is 5.13. The maximum absolute atomic E-state index is 12.5. The van der Waals surface area contributed by atoms with Gasteiger partial charge < -0.3 is 15.4 Å². The highest BCUT2D eigenvalue weighted by atomic mass is 32.2. The van der Waals surface area contributed by atoms with Gasteiger partial charge in [0.2, 0.25) is 5.91 Å². The summed E-state index contributed by atoms with van der Waals surface area (Å²) in [4.78, 5) is 29.0. The Hall–Kier alpha value is -2.06. The first-order valence-electron chi connectivity index (χ1n) is 7.72. The van der Waals surface area contributed by atoms with Gasteiger partial charge >= 0.3 is 0 Å². The number of carbonyl (C=O) groups is 2. The lowest BCUT2D eigenvalue weighted by Crippen LogP contribution is -2.46. The summed E-state index contributed by atoms with van der Waals surface area (Å²) in [6.45, 7) is 0.354. The monoisotopic (exact) mass is 379 g/mol. The number of carbonyl (C=O) groups excluding carboxylic acids is 2. The van der Waals surface area contributed by atoms with Gasteiger partial charge in [-0.15, -0.1) is 11.3 Å². The first-order valence-corrected chi connectivity index (χ1v) is 10.1. The zero-order valence-electron chi connectivity index (χ0n) is 14.2. The predicted octanol–water partition coefficient (Wildman–Crippen LogP) is 2.32. The molecule has 2 rings (SSSR count). The number of benzene rings is 1. The topological polar surface area (TPSA) is 80.3 Å². The molecule has 0 spiro atoms. The molecule has 0 radical (unpaired) electrons. The van der Waals surface area contributed by atoms with Crippen molar-refractivity contribution in [2.75, 3.05) is 19.1 Å². The summed E-state index contributed by atoms with van der Waals surface area (Å²) in [6, 6.07) is 6.25. The number of aromatic nitrogens is 1. The fourth-order valence-corrected chi connectivity index (χ4v) is 3.17. The van der Waals surface area contributed by atoms with Crippen molar-refractivity contribution >= 4 is 34.9 Å². The molecule has 0 unspecified atom stereocenters. The molecule has 0 saturated carbocycles. The van der Waals surface area contributed by atoms with Crippen LogP contribution in [0.2, 0.25) is 0 Å². The van der Waals surface area contributed by atoms with Crippen molar-refractivity contribution in [3.63, 3.8) is 0 Å². The highest BCUT2D eigenvalue weighted by Crippen LogP contribution is 2.13. The molecule has 0 aliphatic heterocycles. The fraction of sp³-hybridized carbons (Fsp3) is 0.353. The average Bonchev–Trinajstić information content (AvgIpc) is 3.16. The van der Waals surface area contributed by atoms with Gasteiger partial charge in [-0.25, -0.2) is 4.98 Å². The fourth-order valence-electron chi connectivity index (χ4n) is 2.14. The molecule has 1 heterocycles. The molecule has 0 saturated heterocycles. The Bertz CT molecular complexity index is 692. The van der Waals surface area contributed by atoms with E-state index in [1.165, 1.54) is 11.3 Å². The second-order valence-electron chi connectivity index (χ2n) is 5.24. The SMILES string of the molecule is COc1cccc(C(=O)N[C@@H](CCSC)C(=O)NCc2cscn2)c1. The molecule has 134 valence electrons. The minimum absolute atomic E-state index is 0.210. The lowest BCUT2D eigenvalue weighted by Gasteiger charge is -2.18. The molecular formula is C17H21N3O3S2. The molecular weight excluding hydrogens is 358 g/mol. The van der Waals surface area contributed by atoms with Crippen molar-refractivity contribution in [1.29, 1.82) is 0 Å². The maximum atomic E-state index is 12.5. The third kappa shape index (κ3) is 6.06. The number of nitrogens with zero attached hydrogens (tertiary/aromatic N) is 1. The van der Waals surface area contributed by atoms with Gasteiger partial charge in [-0.1, -0.05) is 6.07 Å². The van der Waals surface area contributed by atoms with E-state index in [2.05, 4.69) is 15.6 Å². The van der Waals surface area contributed by atoms with Crippen molar-refractivity contribution in [3.8, 4) is 5.75 Å². The van der Waals surface area contributed by atoms with E-state index in [-0.39, 0.29) is 11.8 Å². The van der Waals surface area contributed by atoms with Crippen molar-refractivity contribution in [2.24, 2.45) is 0 Å². The second kappa shape index (κ2) is 10.0. The minimum Gasteiger partial charge on any atom is -0.497 e. The minimum atomic E-state index is -0.593. The van der Waals surface area contributed by atoms with Gasteiger partial charge in [-0.3, -0.25) is 9.59 Å². The zero-order valence-corrected chi connectivity index (χ0v) is 15.8. The maximum Gasteiger partial charge on any atom is 0.252 e. The number of hydrogen-bond donors (Lipinski definition) is 2. The number of thioether (sulfide) groups is 1. The molecule has 0 aliphatic rings. The first kappa shape index (κ1) is 19.3. The van der Waals surface area contributed by atoms with Gasteiger partial charge in [0.25, 0.3) is 5.91 Å². The highest BCUT2D eigenvalue weighted by molar-refractivity contribution is 7.98. The molecule has 8 heteroatoms. The van der Waals surface area contributed by atoms with Crippen LogP contribution in [0.5, 0.6) is 5.75 Å². The molecule has 6 nitrogen and oxygen atoms in total. The largest absolute Gasteiger partial charge is 0.497 e. The van der Waals surface area contributed by atoms with Gasteiger partial charge in [-0.2, -0.15) is 11.8 Å². The van der Waals surface area contributed by atoms with E-state index in [4.69, 9.17) is 4.74 Å². The summed E-state index contributed by atoms with van der Waals surface area (Å²) in [5, 5.41) is 7.52. The van der Waals surface area contributed by atoms with Crippen LogP contribution in [-0.4, -0.2) is 42.0 Å². The van der Waals surface area contributed by atoms with Gasteiger partial charge in [-0.05, 0) is 36.6 Å². The van der Waals surface area contributed by atoms with Gasteiger partial charge in [0.15, 0.2) is 0 Å². The molecule has 1 aromatic heterocycles. The number of thiazole rings is 1. The van der Waals surface area contributed by atoms with Gasteiger partial charge in [0.05, 0.1) is 24.9 Å². The lowest BCUT2D eigenvalue weighted by atomic mass is 10.1. The summed E-state index contributed by atoms with van der Waals surface area (Å²) >= 11 is 3.11. The lowest BCUT2D eigenvalue weighted by molar-refractivity contribution is -0.123. The van der Waals surface area contributed by atoms with E-state index in [0.29, 0.717) is 24.3 Å². The summed E-state index contributed by atoms with van der Waals surface area (Å²) in [6.07, 6.45) is 2.52. The van der Waals surface area contributed by atoms with Gasteiger partial charge in [0, 0.05) is 10.9 Å². The van der Waals surface area contributed by atoms with E-state index in [9.17, 15) is 9.59 Å². The first-order chi connectivity index (χ1) is 12.1. The van der Waals surface area contributed by atoms with E-state index in [1.54, 1.807) is 48.6 Å². The Balaban J connectivity index is 1.99. The zero-order chi connectivity index (χ0) is 18.1. The Kier molecular flexibility index (Phi) is 7.75. The van der Waals surface area contributed by atoms with Crippen molar-refractivity contribution < 1.29 is 14.3 Å². The van der Waals surface area contributed by atoms with Crippen LogP contribution in [0.1, 0.15) is 22.5 Å². The van der Waals surface area contributed by atoms with E-state index >= 15 is 0 Å². The average molecular weight is 380 g/mol. The molecule has 25 heavy (non-hydrogen) atoms. The molecule has 1 aromatic carbocycles. The number of nitrogens with one attached hydrogen (secondary N) is 2. The van der Waals surface area contributed by atoms with Crippen LogP contribution < -0.4 is 15.4 Å². The molecule has 1 atom stereocenters. The second-order valence-corrected chi connectivity index (χ2v) is 6.94. The van der Waals surface area contributed by atoms with Crippen molar-refractivity contribution in [1.82, 2.24) is 15.6 Å². The molecule has 2 N–H and O–H groups in total. The van der Waals surface area contributed by atoms with E-state index in [1.807, 2.05) is 11.6 Å². The number of hydrogen-bond acceptors (Lipinski definition) is 6. The quantitative estimate of drug-likeness (QED) is 0.699. The summed E-state index contributed by atoms with van der Waals surface area (Å²) in [7, 11) is 1.55. The van der Waals surface area contributed by atoms with E-state index in [0.717, 1.165) is 11.4 Å². The third-order valence-electron chi connectivity index (χ3n) is 3.49. The van der Waals surface area contributed by atoms with Crippen molar-refractivity contribution in [3.05, 3.63) is 46.4 Å². The molecule has 2 amide bonds. The highest BCUT2D eigenvalue weighted by Gasteiger charge is 2.21. The van der Waals surface area contributed by atoms with Crippen LogP contribution >= 0.6 is 23.1 Å². The van der Waals surface area contributed by atoms with Gasteiger partial charge in [0.1, 0.15) is 11.8 Å². The number of amides is 2. The Morgan fingerprint density at radius 1 is 1.40 bits per heavy atom. The number of ether oxygens (including phenoxy) is 1. The number of rotatable bonds is 9. The molecule has 0 aliphatic carbocycles. The Labute approximate surface area is 155 Å². The summed E-state index contributed by atoms with van der Waals surface area (Å²) in [5.41, 5.74) is 2.99. The van der Waals surface area contributed by atoms with Crippen LogP contribution in [0.4, 0.5) is 0 Å².